The Bertz CT molecular complexity index is 1350. The fourth-order valence-electron chi connectivity index (χ4n) is 3.45. The summed E-state index contributed by atoms with van der Waals surface area (Å²) in [6, 6.07) is 8.32. The molecule has 1 aromatic carbocycles. The van der Waals surface area contributed by atoms with E-state index >= 15 is 0 Å². The van der Waals surface area contributed by atoms with E-state index in [4.69, 9.17) is 0 Å². The van der Waals surface area contributed by atoms with Crippen LogP contribution in [0.4, 0.5) is 10.1 Å². The quantitative estimate of drug-likeness (QED) is 0.532. The van der Waals surface area contributed by atoms with E-state index in [-0.39, 0.29) is 12.5 Å². The largest absolute Gasteiger partial charge is 0.323 e. The van der Waals surface area contributed by atoms with Gasteiger partial charge in [-0.25, -0.2) is 9.07 Å². The van der Waals surface area contributed by atoms with Crippen molar-refractivity contribution in [1.29, 1.82) is 0 Å². The molecule has 0 spiro atoms. The highest BCUT2D eigenvalue weighted by Crippen LogP contribution is 2.29. The van der Waals surface area contributed by atoms with E-state index in [1.54, 1.807) is 40.9 Å². The van der Waals surface area contributed by atoms with Crippen molar-refractivity contribution in [2.75, 3.05) is 5.32 Å². The minimum atomic E-state index is -1.54. The molecule has 8 nitrogen and oxygen atoms in total. The molecule has 9 heteroatoms. The lowest BCUT2D eigenvalue weighted by Crippen LogP contribution is -2.31. The van der Waals surface area contributed by atoms with Gasteiger partial charge in [0, 0.05) is 11.6 Å². The summed E-state index contributed by atoms with van der Waals surface area (Å²) in [6.07, 6.45) is 3.21. The number of anilines is 1. The smallest absolute Gasteiger partial charge is 0.275 e. The van der Waals surface area contributed by atoms with Crippen LogP contribution in [0.1, 0.15) is 44.9 Å². The molecule has 3 aromatic heterocycles. The second-order valence-electron chi connectivity index (χ2n) is 8.30. The molecule has 160 valence electrons. The molecule has 4 aromatic rings. The fourth-order valence-corrected chi connectivity index (χ4v) is 3.45. The maximum absolute atomic E-state index is 14.5. The van der Waals surface area contributed by atoms with Gasteiger partial charge in [-0.3, -0.25) is 14.0 Å². The minimum absolute atomic E-state index is 0.0217. The minimum Gasteiger partial charge on any atom is -0.323 e. The van der Waals surface area contributed by atoms with Gasteiger partial charge in [0.1, 0.15) is 18.5 Å². The van der Waals surface area contributed by atoms with E-state index in [0.717, 1.165) is 4.68 Å². The number of nitrogens with zero attached hydrogens (tertiary/aromatic N) is 5. The number of hydrogen-bond donors (Lipinski definition) is 1. The Hall–Kier alpha value is -3.62. The zero-order valence-electron chi connectivity index (χ0n) is 17.8. The number of fused-ring (bicyclic) bond motifs is 2. The van der Waals surface area contributed by atoms with Crippen LogP contribution in [0, 0.1) is 0 Å². The van der Waals surface area contributed by atoms with Crippen LogP contribution in [0.2, 0.25) is 0 Å². The Morgan fingerprint density at radius 2 is 1.97 bits per heavy atom. The second kappa shape index (κ2) is 7.57. The van der Waals surface area contributed by atoms with Crippen molar-refractivity contribution in [2.24, 2.45) is 0 Å². The lowest BCUT2D eigenvalue weighted by molar-refractivity contribution is -0.117. The van der Waals surface area contributed by atoms with Crippen molar-refractivity contribution in [3.8, 4) is 0 Å². The number of nitrogens with one attached hydrogen (secondary N) is 1. The average Bonchev–Trinajstić information content (AvgIpc) is 3.16. The molecule has 0 saturated heterocycles. The van der Waals surface area contributed by atoms with Gasteiger partial charge in [0.25, 0.3) is 5.56 Å². The summed E-state index contributed by atoms with van der Waals surface area (Å²) in [7, 11) is 0. The highest BCUT2D eigenvalue weighted by molar-refractivity contribution is 5.91. The van der Waals surface area contributed by atoms with E-state index in [2.05, 4.69) is 20.6 Å². The maximum atomic E-state index is 14.5. The van der Waals surface area contributed by atoms with Crippen molar-refractivity contribution in [3.05, 3.63) is 64.5 Å². The summed E-state index contributed by atoms with van der Waals surface area (Å²) >= 11 is 0. The Balaban J connectivity index is 1.68. The molecule has 0 unspecified atom stereocenters. The molecule has 0 radical (unpaired) electrons. The molecular weight excluding hydrogens is 399 g/mol. The fraction of sp³-hybridized carbons (Fsp3) is 0.318. The number of aromatic nitrogens is 5. The predicted molar refractivity (Wildman–Crippen MR) is 116 cm³/mol. The van der Waals surface area contributed by atoms with Crippen LogP contribution in [0.15, 0.2) is 47.7 Å². The molecule has 0 aliphatic heterocycles. The van der Waals surface area contributed by atoms with Crippen LogP contribution in [-0.4, -0.2) is 30.3 Å². The lowest BCUT2D eigenvalue weighted by Gasteiger charge is -2.18. The van der Waals surface area contributed by atoms with E-state index < -0.39 is 17.1 Å². The summed E-state index contributed by atoms with van der Waals surface area (Å²) in [5, 5.41) is 15.9. The van der Waals surface area contributed by atoms with Crippen LogP contribution in [0.3, 0.4) is 0 Å². The molecule has 3 heterocycles. The Morgan fingerprint density at radius 3 is 2.68 bits per heavy atom. The van der Waals surface area contributed by atoms with Crippen LogP contribution < -0.4 is 10.9 Å². The molecule has 0 saturated carbocycles. The normalized spacial score (nSPS) is 12.1. The lowest BCUT2D eigenvalue weighted by atomic mass is 9.95. The molecule has 1 N–H and O–H groups in total. The van der Waals surface area contributed by atoms with Crippen LogP contribution in [0.5, 0.6) is 0 Å². The van der Waals surface area contributed by atoms with Gasteiger partial charge < -0.3 is 5.32 Å². The number of rotatable bonds is 5. The number of benzene rings is 1. The third-order valence-corrected chi connectivity index (χ3v) is 5.09. The van der Waals surface area contributed by atoms with Crippen molar-refractivity contribution < 1.29 is 9.18 Å². The molecule has 1 amide bonds. The van der Waals surface area contributed by atoms with E-state index in [1.165, 1.54) is 20.2 Å². The molecule has 0 aliphatic rings. The number of pyridine rings is 1. The molecular formula is C22H23FN6O2. The SMILES string of the molecule is CC(C)c1nn(CC(=O)Nc2ccc3nncn3c2)c(=O)c2ccc(C(C)(C)F)cc12. The molecule has 0 bridgehead atoms. The Morgan fingerprint density at radius 1 is 1.19 bits per heavy atom. The van der Waals surface area contributed by atoms with Crippen LogP contribution in [-0.2, 0) is 17.0 Å². The number of amides is 1. The first-order chi connectivity index (χ1) is 14.6. The summed E-state index contributed by atoms with van der Waals surface area (Å²) in [6.45, 7) is 6.58. The number of alkyl halides is 1. The van der Waals surface area contributed by atoms with Gasteiger partial charge >= 0.3 is 0 Å². The van der Waals surface area contributed by atoms with Gasteiger partial charge in [-0.1, -0.05) is 19.9 Å². The van der Waals surface area contributed by atoms with Crippen molar-refractivity contribution in [1.82, 2.24) is 24.4 Å². The molecule has 0 atom stereocenters. The average molecular weight is 422 g/mol. The van der Waals surface area contributed by atoms with Gasteiger partial charge in [-0.15, -0.1) is 10.2 Å². The number of halogens is 1. The van der Waals surface area contributed by atoms with Gasteiger partial charge in [0.15, 0.2) is 5.65 Å². The first kappa shape index (κ1) is 20.6. The van der Waals surface area contributed by atoms with Crippen LogP contribution in [0.25, 0.3) is 16.4 Å². The zero-order chi connectivity index (χ0) is 22.3. The number of carbonyl (C=O) groups is 1. The third kappa shape index (κ3) is 4.03. The van der Waals surface area contributed by atoms with Gasteiger partial charge in [-0.05, 0) is 49.6 Å². The first-order valence-corrected chi connectivity index (χ1v) is 9.97. The van der Waals surface area contributed by atoms with Crippen molar-refractivity contribution in [3.63, 3.8) is 0 Å². The van der Waals surface area contributed by atoms with Gasteiger partial charge in [0.05, 0.1) is 16.8 Å². The second-order valence-corrected chi connectivity index (χ2v) is 8.30. The predicted octanol–water partition coefficient (Wildman–Crippen LogP) is 3.41. The molecule has 4 rings (SSSR count). The number of carbonyl (C=O) groups excluding carboxylic acids is 1. The van der Waals surface area contributed by atoms with Crippen molar-refractivity contribution in [2.45, 2.75) is 45.8 Å². The maximum Gasteiger partial charge on any atom is 0.275 e. The third-order valence-electron chi connectivity index (χ3n) is 5.09. The number of hydrogen-bond acceptors (Lipinski definition) is 5. The molecule has 0 fully saturated rings. The monoisotopic (exact) mass is 422 g/mol. The Kier molecular flexibility index (Phi) is 5.04. The summed E-state index contributed by atoms with van der Waals surface area (Å²) in [5.41, 5.74) is 0.380. The molecule has 31 heavy (non-hydrogen) atoms. The van der Waals surface area contributed by atoms with Gasteiger partial charge in [-0.2, -0.15) is 5.10 Å². The van der Waals surface area contributed by atoms with Crippen molar-refractivity contribution >= 4 is 28.0 Å². The molecule has 0 aliphatic carbocycles. The highest BCUT2D eigenvalue weighted by Gasteiger charge is 2.22. The summed E-state index contributed by atoms with van der Waals surface area (Å²) in [5.74, 6) is -0.413. The standard InChI is InChI=1S/C22H23FN6O2/c1-13(2)20-17-9-14(22(3,4)23)5-7-16(17)21(31)29(27-20)11-19(30)25-15-6-8-18-26-24-12-28(18)10-15/h5-10,12-13H,11H2,1-4H3,(H,25,30). The van der Waals surface area contributed by atoms with Gasteiger partial charge in [0.2, 0.25) is 5.91 Å². The topological polar surface area (TPSA) is 94.2 Å². The van der Waals surface area contributed by atoms with Crippen LogP contribution >= 0.6 is 0 Å². The van der Waals surface area contributed by atoms with E-state index in [0.29, 0.717) is 33.4 Å². The first-order valence-electron chi connectivity index (χ1n) is 9.97. The summed E-state index contributed by atoms with van der Waals surface area (Å²) < 4.78 is 17.3. The summed E-state index contributed by atoms with van der Waals surface area (Å²) in [4.78, 5) is 25.6. The zero-order valence-corrected chi connectivity index (χ0v) is 17.8. The highest BCUT2D eigenvalue weighted by atomic mass is 19.1. The van der Waals surface area contributed by atoms with E-state index in [9.17, 15) is 14.0 Å². The van der Waals surface area contributed by atoms with E-state index in [1.807, 2.05) is 13.8 Å². The Labute approximate surface area is 177 Å².